The molecule has 200 valence electrons. The van der Waals surface area contributed by atoms with Gasteiger partial charge in [-0.25, -0.2) is 9.79 Å². The van der Waals surface area contributed by atoms with Gasteiger partial charge in [0.1, 0.15) is 6.61 Å². The van der Waals surface area contributed by atoms with Gasteiger partial charge in [-0.15, -0.1) is 0 Å². The largest absolute Gasteiger partial charge is 0.478 e. The van der Waals surface area contributed by atoms with Crippen LogP contribution < -0.4 is 0 Å². The topological polar surface area (TPSA) is 106 Å². The molecule has 0 N–H and O–H groups in total. The number of likely N-dealkylation sites (tertiary alicyclic amines) is 2. The Balaban J connectivity index is 1.20. The van der Waals surface area contributed by atoms with Crippen LogP contribution in [-0.4, -0.2) is 89.2 Å². The molecule has 38 heavy (non-hydrogen) atoms. The second-order valence-corrected chi connectivity index (χ2v) is 11.8. The summed E-state index contributed by atoms with van der Waals surface area (Å²) >= 11 is 0. The van der Waals surface area contributed by atoms with E-state index in [1.54, 1.807) is 17.1 Å². The van der Waals surface area contributed by atoms with Gasteiger partial charge in [-0.05, 0) is 17.4 Å². The van der Waals surface area contributed by atoms with E-state index >= 15 is 0 Å². The Morgan fingerprint density at radius 1 is 1.11 bits per heavy atom. The van der Waals surface area contributed by atoms with Crippen LogP contribution >= 0.6 is 0 Å². The number of aliphatic imine (C=N–C) groups is 1. The number of amides is 2. The molecule has 0 bridgehead atoms. The van der Waals surface area contributed by atoms with Gasteiger partial charge < -0.3 is 19.3 Å². The van der Waals surface area contributed by atoms with Crippen molar-refractivity contribution >= 4 is 23.7 Å². The standard InChI is InChI=1S/C28H33N5O5/c1-27(2)9-20(27)25(35)32-16-28(17-32)15-31(13-21(28)23-30-22(14-38-23)26(36)37-3)24(34)19-10-29-33(12-19)11-18-7-5-4-6-8-18/h4-8,10,12,20-22H,9,11,13-17H2,1-3H3/t20-,21?,22+/m1/s1. The summed E-state index contributed by atoms with van der Waals surface area (Å²) < 4.78 is 12.5. The van der Waals surface area contributed by atoms with Crippen molar-refractivity contribution in [1.82, 2.24) is 19.6 Å². The van der Waals surface area contributed by atoms with Crippen LogP contribution in [0.2, 0.25) is 0 Å². The lowest BCUT2D eigenvalue weighted by Crippen LogP contribution is -2.63. The number of nitrogens with zero attached hydrogens (tertiary/aromatic N) is 5. The van der Waals surface area contributed by atoms with Gasteiger partial charge in [0.25, 0.3) is 5.91 Å². The van der Waals surface area contributed by atoms with E-state index in [0.29, 0.717) is 44.2 Å². The van der Waals surface area contributed by atoms with Crippen molar-refractivity contribution in [3.05, 3.63) is 53.9 Å². The van der Waals surface area contributed by atoms with Crippen LogP contribution in [-0.2, 0) is 25.6 Å². The van der Waals surface area contributed by atoms with Crippen LogP contribution in [0.25, 0.3) is 0 Å². The third-order valence-electron chi connectivity index (χ3n) is 8.58. The first-order chi connectivity index (χ1) is 18.2. The number of carbonyl (C=O) groups is 3. The van der Waals surface area contributed by atoms with E-state index < -0.39 is 12.0 Å². The molecule has 6 rings (SSSR count). The lowest BCUT2D eigenvalue weighted by Gasteiger charge is -2.50. The second-order valence-electron chi connectivity index (χ2n) is 11.8. The third kappa shape index (κ3) is 4.25. The first-order valence-electron chi connectivity index (χ1n) is 13.1. The molecule has 1 aliphatic carbocycles. The average Bonchev–Trinajstić information content (AvgIpc) is 3.37. The number of hydrogen-bond donors (Lipinski definition) is 0. The van der Waals surface area contributed by atoms with Gasteiger partial charge in [-0.3, -0.25) is 14.3 Å². The SMILES string of the molecule is COC(=O)[C@@H]1COC(C2CN(C(=O)c3cnn(Cc4ccccc4)c3)CC23CN(C(=O)[C@H]2CC2(C)C)C3)=N1. The first-order valence-corrected chi connectivity index (χ1v) is 13.1. The molecule has 3 fully saturated rings. The highest BCUT2D eigenvalue weighted by Gasteiger charge is 2.62. The molecule has 3 aliphatic heterocycles. The van der Waals surface area contributed by atoms with Crippen LogP contribution in [0.3, 0.4) is 0 Å². The molecule has 1 saturated carbocycles. The summed E-state index contributed by atoms with van der Waals surface area (Å²) in [5.41, 5.74) is 1.33. The molecule has 10 nitrogen and oxygen atoms in total. The van der Waals surface area contributed by atoms with Gasteiger partial charge in [0.15, 0.2) is 11.9 Å². The molecule has 1 aromatic heterocycles. The van der Waals surface area contributed by atoms with Gasteiger partial charge in [0.05, 0.1) is 31.3 Å². The van der Waals surface area contributed by atoms with Crippen molar-refractivity contribution in [1.29, 1.82) is 0 Å². The molecule has 4 heterocycles. The van der Waals surface area contributed by atoms with Gasteiger partial charge >= 0.3 is 5.97 Å². The minimum Gasteiger partial charge on any atom is -0.478 e. The number of methoxy groups -OCH3 is 1. The smallest absolute Gasteiger partial charge is 0.334 e. The molecule has 10 heteroatoms. The highest BCUT2D eigenvalue weighted by molar-refractivity contribution is 5.95. The van der Waals surface area contributed by atoms with Crippen molar-refractivity contribution in [2.75, 3.05) is 39.9 Å². The number of hydrogen-bond acceptors (Lipinski definition) is 7. The highest BCUT2D eigenvalue weighted by Crippen LogP contribution is 2.55. The number of benzene rings is 1. The molecule has 0 radical (unpaired) electrons. The predicted molar refractivity (Wildman–Crippen MR) is 137 cm³/mol. The van der Waals surface area contributed by atoms with Crippen LogP contribution in [0.15, 0.2) is 47.7 Å². The van der Waals surface area contributed by atoms with E-state index in [9.17, 15) is 14.4 Å². The maximum atomic E-state index is 13.6. The monoisotopic (exact) mass is 519 g/mol. The van der Waals surface area contributed by atoms with E-state index in [1.165, 1.54) is 7.11 Å². The maximum Gasteiger partial charge on any atom is 0.334 e. The van der Waals surface area contributed by atoms with Gasteiger partial charge in [0, 0.05) is 43.7 Å². The summed E-state index contributed by atoms with van der Waals surface area (Å²) in [6, 6.07) is 9.27. The lowest BCUT2D eigenvalue weighted by molar-refractivity contribution is -0.146. The minimum atomic E-state index is -0.696. The summed E-state index contributed by atoms with van der Waals surface area (Å²) in [4.78, 5) is 46.9. The normalized spacial score (nSPS) is 26.5. The molecule has 1 unspecified atom stereocenters. The zero-order valence-corrected chi connectivity index (χ0v) is 22.0. The Bertz CT molecular complexity index is 1300. The van der Waals surface area contributed by atoms with Crippen molar-refractivity contribution in [2.45, 2.75) is 32.9 Å². The van der Waals surface area contributed by atoms with Crippen LogP contribution in [0, 0.1) is 22.7 Å². The summed E-state index contributed by atoms with van der Waals surface area (Å²) in [7, 11) is 1.33. The molecule has 2 aromatic rings. The van der Waals surface area contributed by atoms with E-state index in [-0.39, 0.29) is 41.1 Å². The molecular formula is C28H33N5O5. The minimum absolute atomic E-state index is 0.0587. The highest BCUT2D eigenvalue weighted by atomic mass is 16.5. The van der Waals surface area contributed by atoms with Crippen molar-refractivity contribution in [2.24, 2.45) is 27.7 Å². The fourth-order valence-electron chi connectivity index (χ4n) is 6.12. The summed E-state index contributed by atoms with van der Waals surface area (Å²) in [5.74, 6) is -0.00891. The quantitative estimate of drug-likeness (QED) is 0.540. The predicted octanol–water partition coefficient (Wildman–Crippen LogP) is 1.85. The summed E-state index contributed by atoms with van der Waals surface area (Å²) in [6.07, 6.45) is 4.29. The zero-order chi connectivity index (χ0) is 26.7. The summed E-state index contributed by atoms with van der Waals surface area (Å²) in [6.45, 7) is 6.95. The van der Waals surface area contributed by atoms with E-state index in [2.05, 4.69) is 23.9 Å². The fraction of sp³-hybridized carbons (Fsp3) is 0.536. The van der Waals surface area contributed by atoms with Gasteiger partial charge in [-0.2, -0.15) is 5.10 Å². The maximum absolute atomic E-state index is 13.6. The van der Waals surface area contributed by atoms with Crippen LogP contribution in [0.1, 0.15) is 36.2 Å². The number of esters is 1. The van der Waals surface area contributed by atoms with Gasteiger partial charge in [-0.1, -0.05) is 44.2 Å². The van der Waals surface area contributed by atoms with E-state index in [1.807, 2.05) is 40.1 Å². The Kier molecular flexibility index (Phi) is 5.81. The fourth-order valence-corrected chi connectivity index (χ4v) is 6.12. The number of ether oxygens (including phenoxy) is 2. The Labute approximate surface area is 221 Å². The first kappa shape index (κ1) is 24.6. The van der Waals surface area contributed by atoms with Crippen LogP contribution in [0.5, 0.6) is 0 Å². The molecule has 1 aromatic carbocycles. The Morgan fingerprint density at radius 2 is 1.82 bits per heavy atom. The Hall–Kier alpha value is -3.69. The molecule has 1 spiro atoms. The Morgan fingerprint density at radius 3 is 2.50 bits per heavy atom. The third-order valence-corrected chi connectivity index (χ3v) is 8.58. The molecule has 2 amide bonds. The van der Waals surface area contributed by atoms with Crippen molar-refractivity contribution < 1.29 is 23.9 Å². The molecule has 4 aliphatic rings. The molecule has 2 saturated heterocycles. The second kappa shape index (κ2) is 8.96. The zero-order valence-electron chi connectivity index (χ0n) is 22.0. The number of rotatable bonds is 6. The van der Waals surface area contributed by atoms with E-state index in [4.69, 9.17) is 9.47 Å². The van der Waals surface area contributed by atoms with Crippen LogP contribution in [0.4, 0.5) is 0 Å². The molecular weight excluding hydrogens is 486 g/mol. The molecule has 3 atom stereocenters. The van der Waals surface area contributed by atoms with Gasteiger partial charge in [0.2, 0.25) is 5.91 Å². The van der Waals surface area contributed by atoms with Crippen molar-refractivity contribution in [3.63, 3.8) is 0 Å². The number of carbonyl (C=O) groups excluding carboxylic acids is 3. The lowest BCUT2D eigenvalue weighted by atomic mass is 9.71. The summed E-state index contributed by atoms with van der Waals surface area (Å²) in [5, 5.41) is 4.40. The number of aromatic nitrogens is 2. The average molecular weight is 520 g/mol. The van der Waals surface area contributed by atoms with E-state index in [0.717, 1.165) is 12.0 Å². The van der Waals surface area contributed by atoms with Crippen molar-refractivity contribution in [3.8, 4) is 0 Å².